The molecule has 94 valence electrons. The Morgan fingerprint density at radius 1 is 1.18 bits per heavy atom. The molecule has 0 aliphatic rings. The first-order valence-corrected chi connectivity index (χ1v) is 6.84. The summed E-state index contributed by atoms with van der Waals surface area (Å²) in [6.07, 6.45) is 6.01. The molecule has 1 aromatic carbocycles. The van der Waals surface area contributed by atoms with Crippen LogP contribution in [-0.4, -0.2) is 5.78 Å². The first-order valence-electron chi connectivity index (χ1n) is 6.84. The van der Waals surface area contributed by atoms with E-state index in [0.29, 0.717) is 18.1 Å². The van der Waals surface area contributed by atoms with E-state index < -0.39 is 0 Å². The molecule has 0 spiro atoms. The lowest BCUT2D eigenvalue weighted by Crippen LogP contribution is -2.14. The number of aryl methyl sites for hydroxylation is 1. The molecule has 0 aliphatic heterocycles. The fourth-order valence-corrected chi connectivity index (χ4v) is 2.16. The lowest BCUT2D eigenvalue weighted by Gasteiger charge is -2.12. The number of Topliss-reactive ketones (excluding diaryl/α,β-unsaturated/α-hetero) is 1. The van der Waals surface area contributed by atoms with Crippen LogP contribution in [0.3, 0.4) is 0 Å². The third-order valence-electron chi connectivity index (χ3n) is 3.36. The summed E-state index contributed by atoms with van der Waals surface area (Å²) in [6.45, 7) is 4.31. The number of benzene rings is 1. The van der Waals surface area contributed by atoms with Gasteiger partial charge >= 0.3 is 0 Å². The van der Waals surface area contributed by atoms with E-state index in [0.717, 1.165) is 19.3 Å². The molecule has 1 unspecified atom stereocenters. The smallest absolute Gasteiger partial charge is 0.136 e. The SMILES string of the molecule is CCCCC(CC)C(=O)CCc1ccccc1. The predicted molar refractivity (Wildman–Crippen MR) is 73.1 cm³/mol. The van der Waals surface area contributed by atoms with Crippen LogP contribution in [0.2, 0.25) is 0 Å². The summed E-state index contributed by atoms with van der Waals surface area (Å²) in [5, 5.41) is 0. The molecule has 0 bridgehead atoms. The maximum atomic E-state index is 12.1. The highest BCUT2D eigenvalue weighted by Gasteiger charge is 2.15. The van der Waals surface area contributed by atoms with Gasteiger partial charge in [-0.05, 0) is 24.8 Å². The number of ketones is 1. The summed E-state index contributed by atoms with van der Waals surface area (Å²) < 4.78 is 0. The van der Waals surface area contributed by atoms with Crippen LogP contribution in [0.1, 0.15) is 51.5 Å². The normalized spacial score (nSPS) is 12.4. The van der Waals surface area contributed by atoms with Gasteiger partial charge in [-0.15, -0.1) is 0 Å². The molecule has 0 amide bonds. The van der Waals surface area contributed by atoms with Gasteiger partial charge in [0.1, 0.15) is 5.78 Å². The first kappa shape index (κ1) is 14.0. The Morgan fingerprint density at radius 3 is 2.47 bits per heavy atom. The number of unbranched alkanes of at least 4 members (excludes halogenated alkanes) is 1. The molecule has 1 aromatic rings. The predicted octanol–water partition coefficient (Wildman–Crippen LogP) is 4.40. The molecular weight excluding hydrogens is 208 g/mol. The standard InChI is InChI=1S/C16H24O/c1-3-5-11-15(4-2)16(17)13-12-14-9-7-6-8-10-14/h6-10,15H,3-5,11-13H2,1-2H3. The van der Waals surface area contributed by atoms with Crippen LogP contribution in [0.5, 0.6) is 0 Å². The molecule has 0 radical (unpaired) electrons. The minimum Gasteiger partial charge on any atom is -0.299 e. The third kappa shape index (κ3) is 5.16. The third-order valence-corrected chi connectivity index (χ3v) is 3.36. The second-order valence-electron chi connectivity index (χ2n) is 4.70. The van der Waals surface area contributed by atoms with Crippen LogP contribution in [0.4, 0.5) is 0 Å². The average Bonchev–Trinajstić information content (AvgIpc) is 2.38. The van der Waals surface area contributed by atoms with E-state index in [2.05, 4.69) is 26.0 Å². The quantitative estimate of drug-likeness (QED) is 0.649. The zero-order valence-corrected chi connectivity index (χ0v) is 11.1. The van der Waals surface area contributed by atoms with Gasteiger partial charge in [0, 0.05) is 12.3 Å². The van der Waals surface area contributed by atoms with Crippen molar-refractivity contribution in [1.82, 2.24) is 0 Å². The van der Waals surface area contributed by atoms with Crippen LogP contribution >= 0.6 is 0 Å². The largest absolute Gasteiger partial charge is 0.299 e. The summed E-state index contributed by atoms with van der Waals surface area (Å²) in [7, 11) is 0. The minimum atomic E-state index is 0.290. The highest BCUT2D eigenvalue weighted by molar-refractivity contribution is 5.81. The molecule has 0 aliphatic carbocycles. The van der Waals surface area contributed by atoms with E-state index in [9.17, 15) is 4.79 Å². The van der Waals surface area contributed by atoms with Crippen molar-refractivity contribution in [3.05, 3.63) is 35.9 Å². The second kappa shape index (κ2) is 8.05. The Morgan fingerprint density at radius 2 is 1.88 bits per heavy atom. The van der Waals surface area contributed by atoms with Gasteiger partial charge in [0.05, 0.1) is 0 Å². The van der Waals surface area contributed by atoms with E-state index in [1.165, 1.54) is 18.4 Å². The van der Waals surface area contributed by atoms with Crippen LogP contribution in [0, 0.1) is 5.92 Å². The van der Waals surface area contributed by atoms with Gasteiger partial charge in [-0.25, -0.2) is 0 Å². The molecule has 0 heterocycles. The summed E-state index contributed by atoms with van der Waals surface area (Å²) in [4.78, 5) is 12.1. The Hall–Kier alpha value is -1.11. The van der Waals surface area contributed by atoms with Crippen molar-refractivity contribution in [2.45, 2.75) is 52.4 Å². The van der Waals surface area contributed by atoms with Gasteiger partial charge < -0.3 is 0 Å². The summed E-state index contributed by atoms with van der Waals surface area (Å²) in [5.74, 6) is 0.739. The molecule has 17 heavy (non-hydrogen) atoms. The number of hydrogen-bond acceptors (Lipinski definition) is 1. The lowest BCUT2D eigenvalue weighted by atomic mass is 9.91. The maximum absolute atomic E-state index is 12.1. The highest BCUT2D eigenvalue weighted by Crippen LogP contribution is 2.16. The molecule has 0 aromatic heterocycles. The van der Waals surface area contributed by atoms with Crippen molar-refractivity contribution in [3.8, 4) is 0 Å². The Kier molecular flexibility index (Phi) is 6.61. The van der Waals surface area contributed by atoms with E-state index in [4.69, 9.17) is 0 Å². The summed E-state index contributed by atoms with van der Waals surface area (Å²) in [6, 6.07) is 10.3. The van der Waals surface area contributed by atoms with Gasteiger partial charge in [-0.1, -0.05) is 57.0 Å². The monoisotopic (exact) mass is 232 g/mol. The molecule has 1 nitrogen and oxygen atoms in total. The fourth-order valence-electron chi connectivity index (χ4n) is 2.16. The number of carbonyl (C=O) groups excluding carboxylic acids is 1. The second-order valence-corrected chi connectivity index (χ2v) is 4.70. The van der Waals surface area contributed by atoms with Crippen molar-refractivity contribution in [2.24, 2.45) is 5.92 Å². The van der Waals surface area contributed by atoms with E-state index in [-0.39, 0.29) is 0 Å². The average molecular weight is 232 g/mol. The summed E-state index contributed by atoms with van der Waals surface area (Å²) >= 11 is 0. The molecule has 0 saturated carbocycles. The van der Waals surface area contributed by atoms with Crippen LogP contribution < -0.4 is 0 Å². The Balaban J connectivity index is 2.37. The van der Waals surface area contributed by atoms with Gasteiger partial charge in [0.2, 0.25) is 0 Å². The minimum absolute atomic E-state index is 0.290. The van der Waals surface area contributed by atoms with Crippen LogP contribution in [0.15, 0.2) is 30.3 Å². The summed E-state index contributed by atoms with van der Waals surface area (Å²) in [5.41, 5.74) is 1.27. The van der Waals surface area contributed by atoms with Gasteiger partial charge in [-0.3, -0.25) is 4.79 Å². The molecule has 0 saturated heterocycles. The van der Waals surface area contributed by atoms with E-state index in [1.54, 1.807) is 0 Å². The number of hydrogen-bond donors (Lipinski definition) is 0. The van der Waals surface area contributed by atoms with Crippen molar-refractivity contribution < 1.29 is 4.79 Å². The van der Waals surface area contributed by atoms with E-state index >= 15 is 0 Å². The Bertz CT molecular complexity index is 316. The number of rotatable bonds is 8. The van der Waals surface area contributed by atoms with Gasteiger partial charge in [-0.2, -0.15) is 0 Å². The maximum Gasteiger partial charge on any atom is 0.136 e. The van der Waals surface area contributed by atoms with Gasteiger partial charge in [0.15, 0.2) is 0 Å². The van der Waals surface area contributed by atoms with E-state index in [1.807, 2.05) is 18.2 Å². The van der Waals surface area contributed by atoms with Crippen molar-refractivity contribution in [2.75, 3.05) is 0 Å². The first-order chi connectivity index (χ1) is 8.27. The van der Waals surface area contributed by atoms with Crippen molar-refractivity contribution in [1.29, 1.82) is 0 Å². The van der Waals surface area contributed by atoms with Crippen molar-refractivity contribution in [3.63, 3.8) is 0 Å². The number of carbonyl (C=O) groups is 1. The molecule has 0 N–H and O–H groups in total. The zero-order chi connectivity index (χ0) is 12.5. The fraction of sp³-hybridized carbons (Fsp3) is 0.562. The lowest BCUT2D eigenvalue weighted by molar-refractivity contribution is -0.123. The molecule has 1 rings (SSSR count). The highest BCUT2D eigenvalue weighted by atomic mass is 16.1. The molecule has 1 atom stereocenters. The topological polar surface area (TPSA) is 17.1 Å². The molecule has 0 fully saturated rings. The zero-order valence-electron chi connectivity index (χ0n) is 11.1. The van der Waals surface area contributed by atoms with Crippen LogP contribution in [0.25, 0.3) is 0 Å². The van der Waals surface area contributed by atoms with Gasteiger partial charge in [0.25, 0.3) is 0 Å². The molecular formula is C16H24O. The Labute approximate surface area is 105 Å². The molecule has 1 heteroatoms. The van der Waals surface area contributed by atoms with Crippen molar-refractivity contribution >= 4 is 5.78 Å². The van der Waals surface area contributed by atoms with Crippen LogP contribution in [-0.2, 0) is 11.2 Å².